The average molecular weight is 983 g/mol. The van der Waals surface area contributed by atoms with Crippen LogP contribution in [0.25, 0.3) is 0 Å². The second kappa shape index (κ2) is 59.4. The van der Waals surface area contributed by atoms with E-state index in [0.29, 0.717) is 19.4 Å². The van der Waals surface area contributed by atoms with Crippen LogP contribution in [0, 0.1) is 0 Å². The van der Waals surface area contributed by atoms with Crippen LogP contribution in [0.4, 0.5) is 0 Å². The van der Waals surface area contributed by atoms with Crippen molar-refractivity contribution in [3.63, 3.8) is 0 Å². The number of ether oxygens (including phenoxy) is 1. The van der Waals surface area contributed by atoms with Gasteiger partial charge in [0.15, 0.2) is 0 Å². The van der Waals surface area contributed by atoms with Crippen LogP contribution in [-0.2, 0) is 14.3 Å². The molecule has 0 rings (SSSR count). The van der Waals surface area contributed by atoms with Gasteiger partial charge < -0.3 is 20.3 Å². The van der Waals surface area contributed by atoms with E-state index in [0.717, 1.165) is 51.4 Å². The van der Waals surface area contributed by atoms with E-state index in [-0.39, 0.29) is 18.5 Å². The molecule has 0 spiro atoms. The molecule has 0 aliphatic heterocycles. The van der Waals surface area contributed by atoms with Crippen LogP contribution in [0.5, 0.6) is 0 Å². The fourth-order valence-electron chi connectivity index (χ4n) is 9.31. The Morgan fingerprint density at radius 3 is 1.13 bits per heavy atom. The molecule has 0 saturated heterocycles. The van der Waals surface area contributed by atoms with E-state index in [1.807, 2.05) is 6.08 Å². The molecule has 0 aromatic rings. The number of hydrogen-bond donors (Lipinski definition) is 3. The molecule has 1 amide bonds. The van der Waals surface area contributed by atoms with E-state index in [9.17, 15) is 19.8 Å². The molecule has 2 unspecified atom stereocenters. The topological polar surface area (TPSA) is 95.9 Å². The molecule has 0 fully saturated rings. The predicted octanol–water partition coefficient (Wildman–Crippen LogP) is 19.4. The molecule has 0 radical (unpaired) electrons. The zero-order valence-electron chi connectivity index (χ0n) is 46.7. The van der Waals surface area contributed by atoms with Crippen molar-refractivity contribution in [2.75, 3.05) is 13.2 Å². The SMILES string of the molecule is CCCCC/C=C\C/C=C\CCCCCCCCCCCC(=O)OCCCCCCCCCCCCCC/C=C\CCCCCCCCCCC(=O)NC(CO)C(O)/C=C/CCCCCCCCCC. The van der Waals surface area contributed by atoms with Crippen molar-refractivity contribution in [3.8, 4) is 0 Å². The van der Waals surface area contributed by atoms with Gasteiger partial charge in [-0.2, -0.15) is 0 Å². The Hall–Kier alpha value is -2.18. The quantitative estimate of drug-likeness (QED) is 0.0321. The van der Waals surface area contributed by atoms with Gasteiger partial charge in [0.25, 0.3) is 0 Å². The number of aliphatic hydroxyl groups excluding tert-OH is 2. The molecule has 0 aromatic carbocycles. The Morgan fingerprint density at radius 2 is 0.714 bits per heavy atom. The molecule has 0 aromatic heterocycles. The van der Waals surface area contributed by atoms with Crippen LogP contribution in [0.2, 0.25) is 0 Å². The number of unbranched alkanes of at least 4 members (excludes halogenated alkanes) is 40. The summed E-state index contributed by atoms with van der Waals surface area (Å²) in [6, 6.07) is -0.630. The second-order valence-corrected chi connectivity index (χ2v) is 21.0. The van der Waals surface area contributed by atoms with Crippen LogP contribution in [-0.4, -0.2) is 47.4 Å². The molecule has 410 valence electrons. The van der Waals surface area contributed by atoms with Crippen molar-refractivity contribution >= 4 is 11.9 Å². The highest BCUT2D eigenvalue weighted by molar-refractivity contribution is 5.76. The smallest absolute Gasteiger partial charge is 0.305 e. The standard InChI is InChI=1S/C64H119NO5/c1-3-5-7-9-11-13-15-16-17-18-25-29-32-35-38-42-46-50-54-58-64(69)70-59-55-51-47-43-39-36-33-30-27-24-22-20-19-21-23-26-28-31-34-37-41-45-49-53-57-63(68)65-61(60-66)62(67)56-52-48-44-40-14-12-10-8-6-4-2/h11,13,16-17,21,23,52,56,61-62,66-67H,3-10,12,14-15,18-20,22,24-51,53-55,57-60H2,1-2H3,(H,65,68)/b13-11-,17-16-,23-21-,56-52+. The van der Waals surface area contributed by atoms with Crippen LogP contribution >= 0.6 is 0 Å². The third-order valence-corrected chi connectivity index (χ3v) is 14.1. The van der Waals surface area contributed by atoms with E-state index in [4.69, 9.17) is 4.74 Å². The minimum atomic E-state index is -0.846. The molecular weight excluding hydrogens is 863 g/mol. The lowest BCUT2D eigenvalue weighted by molar-refractivity contribution is -0.143. The zero-order valence-corrected chi connectivity index (χ0v) is 46.7. The van der Waals surface area contributed by atoms with E-state index in [1.165, 1.54) is 244 Å². The maximum atomic E-state index is 12.4. The number of aliphatic hydroxyl groups is 2. The fourth-order valence-corrected chi connectivity index (χ4v) is 9.31. The molecular formula is C64H119NO5. The van der Waals surface area contributed by atoms with Gasteiger partial charge >= 0.3 is 5.97 Å². The van der Waals surface area contributed by atoms with Gasteiger partial charge in [-0.05, 0) is 89.9 Å². The van der Waals surface area contributed by atoms with Crippen LogP contribution in [0.3, 0.4) is 0 Å². The summed E-state index contributed by atoms with van der Waals surface area (Å²) < 4.78 is 5.50. The summed E-state index contributed by atoms with van der Waals surface area (Å²) in [4.78, 5) is 24.5. The molecule has 70 heavy (non-hydrogen) atoms. The largest absolute Gasteiger partial charge is 0.466 e. The average Bonchev–Trinajstić information content (AvgIpc) is 3.36. The third-order valence-electron chi connectivity index (χ3n) is 14.1. The Kier molecular flexibility index (Phi) is 57.5. The number of hydrogen-bond acceptors (Lipinski definition) is 5. The summed E-state index contributed by atoms with van der Waals surface area (Å²) >= 11 is 0. The fraction of sp³-hybridized carbons (Fsp3) is 0.844. The van der Waals surface area contributed by atoms with Gasteiger partial charge in [-0.3, -0.25) is 9.59 Å². The van der Waals surface area contributed by atoms with Crippen molar-refractivity contribution in [2.45, 2.75) is 334 Å². The molecule has 3 N–H and O–H groups in total. The first-order valence-electron chi connectivity index (χ1n) is 30.9. The molecule has 6 heteroatoms. The van der Waals surface area contributed by atoms with Crippen molar-refractivity contribution in [2.24, 2.45) is 0 Å². The van der Waals surface area contributed by atoms with E-state index >= 15 is 0 Å². The maximum absolute atomic E-state index is 12.4. The Labute approximate surface area is 436 Å². The Bertz CT molecular complexity index is 1180. The first-order valence-corrected chi connectivity index (χ1v) is 30.9. The first kappa shape index (κ1) is 67.8. The number of rotatable bonds is 57. The normalized spacial score (nSPS) is 12.9. The molecule has 0 bridgehead atoms. The Balaban J connectivity index is 3.39. The van der Waals surface area contributed by atoms with Gasteiger partial charge in [-0.1, -0.05) is 268 Å². The van der Waals surface area contributed by atoms with Crippen molar-refractivity contribution in [1.82, 2.24) is 5.32 Å². The number of carbonyl (C=O) groups is 2. The molecule has 6 nitrogen and oxygen atoms in total. The number of amides is 1. The molecule has 0 heterocycles. The van der Waals surface area contributed by atoms with Crippen molar-refractivity contribution < 1.29 is 24.5 Å². The highest BCUT2D eigenvalue weighted by atomic mass is 16.5. The summed E-state index contributed by atoms with van der Waals surface area (Å²) in [6.07, 6.45) is 75.9. The van der Waals surface area contributed by atoms with Gasteiger partial charge in [-0.25, -0.2) is 0 Å². The second-order valence-electron chi connectivity index (χ2n) is 21.0. The summed E-state index contributed by atoms with van der Waals surface area (Å²) in [7, 11) is 0. The van der Waals surface area contributed by atoms with Gasteiger partial charge in [0.1, 0.15) is 0 Å². The number of nitrogens with one attached hydrogen (secondary N) is 1. The number of allylic oxidation sites excluding steroid dienone is 7. The lowest BCUT2D eigenvalue weighted by Gasteiger charge is -2.20. The predicted molar refractivity (Wildman–Crippen MR) is 306 cm³/mol. The minimum absolute atomic E-state index is 0.00782. The summed E-state index contributed by atoms with van der Waals surface area (Å²) in [5.41, 5.74) is 0. The van der Waals surface area contributed by atoms with Gasteiger partial charge in [0, 0.05) is 12.8 Å². The van der Waals surface area contributed by atoms with Crippen LogP contribution < -0.4 is 5.32 Å². The molecule has 2 atom stereocenters. The lowest BCUT2D eigenvalue weighted by atomic mass is 10.0. The van der Waals surface area contributed by atoms with Gasteiger partial charge in [-0.15, -0.1) is 0 Å². The molecule has 0 aliphatic carbocycles. The zero-order chi connectivity index (χ0) is 50.7. The number of carbonyl (C=O) groups excluding carboxylic acids is 2. The van der Waals surface area contributed by atoms with Gasteiger partial charge in [0.2, 0.25) is 5.91 Å². The molecule has 0 aliphatic rings. The van der Waals surface area contributed by atoms with Gasteiger partial charge in [0.05, 0.1) is 25.4 Å². The number of esters is 1. The highest BCUT2D eigenvalue weighted by Crippen LogP contribution is 2.16. The van der Waals surface area contributed by atoms with Crippen LogP contribution in [0.1, 0.15) is 322 Å². The van der Waals surface area contributed by atoms with Crippen molar-refractivity contribution in [1.29, 1.82) is 0 Å². The van der Waals surface area contributed by atoms with Crippen molar-refractivity contribution in [3.05, 3.63) is 48.6 Å². The summed E-state index contributed by atoms with van der Waals surface area (Å²) in [5.74, 6) is -0.0668. The monoisotopic (exact) mass is 982 g/mol. The van der Waals surface area contributed by atoms with E-state index in [1.54, 1.807) is 6.08 Å². The minimum Gasteiger partial charge on any atom is -0.466 e. The van der Waals surface area contributed by atoms with E-state index < -0.39 is 12.1 Å². The third kappa shape index (κ3) is 55.1. The van der Waals surface area contributed by atoms with E-state index in [2.05, 4.69) is 55.6 Å². The highest BCUT2D eigenvalue weighted by Gasteiger charge is 2.18. The maximum Gasteiger partial charge on any atom is 0.305 e. The summed E-state index contributed by atoms with van der Waals surface area (Å²) in [5, 5.41) is 23.0. The summed E-state index contributed by atoms with van der Waals surface area (Å²) in [6.45, 7) is 4.86. The molecule has 0 saturated carbocycles. The lowest BCUT2D eigenvalue weighted by Crippen LogP contribution is -2.45. The first-order chi connectivity index (χ1) is 34.5. The van der Waals surface area contributed by atoms with Crippen LogP contribution in [0.15, 0.2) is 48.6 Å². The Morgan fingerprint density at radius 1 is 0.400 bits per heavy atom.